The number of likely N-dealkylation sites (tertiary alicyclic amines) is 1. The minimum Gasteiger partial charge on any atom is -0.369 e. The lowest BCUT2D eigenvalue weighted by Gasteiger charge is -2.34. The summed E-state index contributed by atoms with van der Waals surface area (Å²) in [6.45, 7) is 7.24. The summed E-state index contributed by atoms with van der Waals surface area (Å²) in [5.41, 5.74) is 5.80. The molecule has 1 aromatic carbocycles. The van der Waals surface area contributed by atoms with Gasteiger partial charge in [0.2, 0.25) is 5.91 Å². The molecule has 0 saturated carbocycles. The number of halogens is 2. The van der Waals surface area contributed by atoms with Crippen LogP contribution in [0.25, 0.3) is 0 Å². The summed E-state index contributed by atoms with van der Waals surface area (Å²) in [5.74, 6) is 0.477. The number of carbonyl (C=O) groups excluding carboxylic acids is 1. The molecular weight excluding hydrogens is 319 g/mol. The van der Waals surface area contributed by atoms with Crippen LogP contribution in [0, 0.1) is 5.92 Å². The molecule has 0 spiro atoms. The van der Waals surface area contributed by atoms with Crippen molar-refractivity contribution in [3.05, 3.63) is 33.8 Å². The van der Waals surface area contributed by atoms with Gasteiger partial charge in [-0.15, -0.1) is 0 Å². The summed E-state index contributed by atoms with van der Waals surface area (Å²) in [5, 5.41) is 0.945. The number of amides is 1. The van der Waals surface area contributed by atoms with Gasteiger partial charge in [0, 0.05) is 0 Å². The number of rotatable bonds is 5. The standard InChI is InChI=1S/C17H24Cl2N2O/c1-12-5-8-21(9-6-12)10-7-17(2,16(20)22)13-3-4-14(18)15(19)11-13/h3-4,11-12H,5-10H2,1-2H3,(H2,20,22). The largest absolute Gasteiger partial charge is 0.369 e. The molecule has 0 aromatic heterocycles. The van der Waals surface area contributed by atoms with E-state index in [0.29, 0.717) is 16.5 Å². The third-order valence-electron chi connectivity index (χ3n) is 4.90. The average molecular weight is 343 g/mol. The van der Waals surface area contributed by atoms with Crippen LogP contribution in [0.1, 0.15) is 38.7 Å². The third kappa shape index (κ3) is 3.95. The van der Waals surface area contributed by atoms with Gasteiger partial charge in [0.1, 0.15) is 0 Å². The van der Waals surface area contributed by atoms with E-state index in [0.717, 1.165) is 31.1 Å². The second kappa shape index (κ2) is 7.20. The van der Waals surface area contributed by atoms with Crippen LogP contribution in [0.5, 0.6) is 0 Å². The molecule has 1 unspecified atom stereocenters. The van der Waals surface area contributed by atoms with Gasteiger partial charge in [-0.3, -0.25) is 4.79 Å². The molecule has 0 bridgehead atoms. The molecule has 1 aromatic rings. The number of hydrogen-bond donors (Lipinski definition) is 1. The fourth-order valence-corrected chi connectivity index (χ4v) is 3.21. The number of nitrogens with two attached hydrogens (primary N) is 1. The maximum Gasteiger partial charge on any atom is 0.227 e. The van der Waals surface area contributed by atoms with Crippen LogP contribution in [-0.2, 0) is 10.2 Å². The Morgan fingerprint density at radius 2 is 1.95 bits per heavy atom. The van der Waals surface area contributed by atoms with Gasteiger partial charge in [-0.2, -0.15) is 0 Å². The van der Waals surface area contributed by atoms with E-state index in [2.05, 4.69) is 11.8 Å². The van der Waals surface area contributed by atoms with Crippen molar-refractivity contribution in [2.75, 3.05) is 19.6 Å². The first kappa shape index (κ1) is 17.6. The van der Waals surface area contributed by atoms with E-state index >= 15 is 0 Å². The molecule has 2 rings (SSSR count). The Morgan fingerprint density at radius 1 is 1.32 bits per heavy atom. The Morgan fingerprint density at radius 3 is 2.50 bits per heavy atom. The van der Waals surface area contributed by atoms with Crippen LogP contribution in [0.4, 0.5) is 0 Å². The average Bonchev–Trinajstić information content (AvgIpc) is 2.49. The maximum atomic E-state index is 12.1. The van der Waals surface area contributed by atoms with E-state index < -0.39 is 5.41 Å². The van der Waals surface area contributed by atoms with Gasteiger partial charge < -0.3 is 10.6 Å². The number of piperidine rings is 1. The van der Waals surface area contributed by atoms with Crippen molar-refractivity contribution >= 4 is 29.1 Å². The zero-order valence-electron chi connectivity index (χ0n) is 13.2. The van der Waals surface area contributed by atoms with E-state index in [1.54, 1.807) is 12.1 Å². The van der Waals surface area contributed by atoms with Crippen LogP contribution in [0.3, 0.4) is 0 Å². The fraction of sp³-hybridized carbons (Fsp3) is 0.588. The molecule has 1 aliphatic rings. The zero-order chi connectivity index (χ0) is 16.3. The number of hydrogen-bond acceptors (Lipinski definition) is 2. The SMILES string of the molecule is CC1CCN(CCC(C)(C(N)=O)c2ccc(Cl)c(Cl)c2)CC1. The summed E-state index contributed by atoms with van der Waals surface area (Å²) < 4.78 is 0. The highest BCUT2D eigenvalue weighted by atomic mass is 35.5. The van der Waals surface area contributed by atoms with Gasteiger partial charge in [0.05, 0.1) is 15.5 Å². The van der Waals surface area contributed by atoms with Crippen LogP contribution in [0.2, 0.25) is 10.0 Å². The van der Waals surface area contributed by atoms with Crippen molar-refractivity contribution in [1.29, 1.82) is 0 Å². The first-order valence-electron chi connectivity index (χ1n) is 7.80. The molecule has 1 atom stereocenters. The first-order valence-corrected chi connectivity index (χ1v) is 8.56. The quantitative estimate of drug-likeness (QED) is 0.882. The Balaban J connectivity index is 2.11. The molecule has 5 heteroatoms. The maximum absolute atomic E-state index is 12.1. The van der Waals surface area contributed by atoms with Crippen molar-refractivity contribution in [3.63, 3.8) is 0 Å². The summed E-state index contributed by atoms with van der Waals surface area (Å²) in [4.78, 5) is 14.5. The Bertz CT molecular complexity index is 541. The summed E-state index contributed by atoms with van der Waals surface area (Å²) >= 11 is 12.1. The number of carbonyl (C=O) groups is 1. The molecule has 1 aliphatic heterocycles. The molecule has 2 N–H and O–H groups in total. The lowest BCUT2D eigenvalue weighted by atomic mass is 9.78. The number of nitrogens with zero attached hydrogens (tertiary/aromatic N) is 1. The van der Waals surface area contributed by atoms with Crippen molar-refractivity contribution in [1.82, 2.24) is 4.90 Å². The minimum atomic E-state index is -0.725. The molecule has 22 heavy (non-hydrogen) atoms. The van der Waals surface area contributed by atoms with Gasteiger partial charge in [0.15, 0.2) is 0 Å². The second-order valence-corrected chi connectivity index (χ2v) is 7.41. The molecule has 0 aliphatic carbocycles. The minimum absolute atomic E-state index is 0.323. The molecule has 3 nitrogen and oxygen atoms in total. The van der Waals surface area contributed by atoms with Crippen LogP contribution < -0.4 is 5.73 Å². The fourth-order valence-electron chi connectivity index (χ4n) is 2.92. The van der Waals surface area contributed by atoms with E-state index in [1.165, 1.54) is 12.8 Å². The Labute approximate surface area is 142 Å². The van der Waals surface area contributed by atoms with Crippen molar-refractivity contribution in [2.45, 2.75) is 38.5 Å². The molecule has 1 amide bonds. The van der Waals surface area contributed by atoms with E-state index in [1.807, 2.05) is 13.0 Å². The van der Waals surface area contributed by atoms with Gasteiger partial charge in [0.25, 0.3) is 0 Å². The van der Waals surface area contributed by atoms with Gasteiger partial charge in [-0.25, -0.2) is 0 Å². The number of primary amides is 1. The molecule has 1 heterocycles. The highest BCUT2D eigenvalue weighted by Crippen LogP contribution is 2.33. The highest BCUT2D eigenvalue weighted by Gasteiger charge is 2.34. The highest BCUT2D eigenvalue weighted by molar-refractivity contribution is 6.42. The van der Waals surface area contributed by atoms with Gasteiger partial charge >= 0.3 is 0 Å². The lowest BCUT2D eigenvalue weighted by Crippen LogP contribution is -2.43. The third-order valence-corrected chi connectivity index (χ3v) is 5.64. The van der Waals surface area contributed by atoms with Crippen molar-refractivity contribution < 1.29 is 4.79 Å². The van der Waals surface area contributed by atoms with E-state index in [9.17, 15) is 4.79 Å². The van der Waals surface area contributed by atoms with E-state index in [4.69, 9.17) is 28.9 Å². The van der Waals surface area contributed by atoms with Gasteiger partial charge in [-0.1, -0.05) is 36.2 Å². The predicted molar refractivity (Wildman–Crippen MR) is 92.5 cm³/mol. The summed E-state index contributed by atoms with van der Waals surface area (Å²) in [7, 11) is 0. The molecule has 0 radical (unpaired) electrons. The van der Waals surface area contributed by atoms with E-state index in [-0.39, 0.29) is 5.91 Å². The Hall–Kier alpha value is -0.770. The van der Waals surface area contributed by atoms with Crippen LogP contribution in [0.15, 0.2) is 18.2 Å². The first-order chi connectivity index (χ1) is 10.3. The Kier molecular flexibility index (Phi) is 5.76. The smallest absolute Gasteiger partial charge is 0.227 e. The predicted octanol–water partition coefficient (Wildman–Crippen LogP) is 3.86. The zero-order valence-corrected chi connectivity index (χ0v) is 14.8. The summed E-state index contributed by atoms with van der Waals surface area (Å²) in [6.07, 6.45) is 3.13. The molecule has 1 saturated heterocycles. The molecular formula is C17H24Cl2N2O. The molecule has 1 fully saturated rings. The topological polar surface area (TPSA) is 46.3 Å². The summed E-state index contributed by atoms with van der Waals surface area (Å²) in [6, 6.07) is 5.33. The van der Waals surface area contributed by atoms with Crippen LogP contribution in [-0.4, -0.2) is 30.4 Å². The normalized spacial score (nSPS) is 19.8. The van der Waals surface area contributed by atoms with Crippen LogP contribution >= 0.6 is 23.2 Å². The van der Waals surface area contributed by atoms with Gasteiger partial charge in [-0.05, 0) is 69.4 Å². The molecule has 122 valence electrons. The second-order valence-electron chi connectivity index (χ2n) is 6.60. The lowest BCUT2D eigenvalue weighted by molar-refractivity contribution is -0.123. The number of benzene rings is 1. The van der Waals surface area contributed by atoms with Crippen molar-refractivity contribution in [3.8, 4) is 0 Å². The monoisotopic (exact) mass is 342 g/mol. The van der Waals surface area contributed by atoms with Crippen molar-refractivity contribution in [2.24, 2.45) is 11.7 Å².